The van der Waals surface area contributed by atoms with Gasteiger partial charge in [0.2, 0.25) is 0 Å². The lowest BCUT2D eigenvalue weighted by Crippen LogP contribution is -2.34. The number of likely N-dealkylation sites (N-methyl/N-ethyl adjacent to an activating group) is 1. The predicted octanol–water partition coefficient (Wildman–Crippen LogP) is 4.43. The Hall–Kier alpha value is -4.06. The van der Waals surface area contributed by atoms with Crippen molar-refractivity contribution < 1.29 is 19.1 Å². The monoisotopic (exact) mass is 442 g/mol. The molecule has 6 heteroatoms. The van der Waals surface area contributed by atoms with Gasteiger partial charge in [0.05, 0.1) is 25.5 Å². The van der Waals surface area contributed by atoms with E-state index in [1.54, 1.807) is 44.6 Å². The second-order valence-electron chi connectivity index (χ2n) is 7.92. The van der Waals surface area contributed by atoms with Gasteiger partial charge in [-0.1, -0.05) is 54.1 Å². The Labute approximate surface area is 193 Å². The fourth-order valence-electron chi connectivity index (χ4n) is 3.99. The number of amides is 2. The summed E-state index contributed by atoms with van der Waals surface area (Å²) >= 11 is 0. The minimum absolute atomic E-state index is 0.333. The number of hydrogen-bond donors (Lipinski definition) is 0. The third kappa shape index (κ3) is 4.20. The van der Waals surface area contributed by atoms with Gasteiger partial charge in [-0.2, -0.15) is 0 Å². The van der Waals surface area contributed by atoms with E-state index in [2.05, 4.69) is 0 Å². The van der Waals surface area contributed by atoms with Crippen LogP contribution in [0.4, 0.5) is 5.69 Å². The zero-order valence-corrected chi connectivity index (χ0v) is 19.2. The van der Waals surface area contributed by atoms with Crippen LogP contribution < -0.4 is 14.4 Å². The second kappa shape index (κ2) is 9.20. The second-order valence-corrected chi connectivity index (χ2v) is 7.92. The molecule has 3 aromatic carbocycles. The maximum absolute atomic E-state index is 13.7. The minimum atomic E-state index is -0.369. The Bertz CT molecular complexity index is 1220. The molecule has 0 atom stereocenters. The number of benzene rings is 3. The number of methoxy groups -OCH3 is 2. The van der Waals surface area contributed by atoms with Crippen LogP contribution in [0.2, 0.25) is 0 Å². The number of rotatable bonds is 7. The highest BCUT2D eigenvalue weighted by molar-refractivity contribution is 6.45. The molecule has 4 rings (SSSR count). The molecule has 0 saturated carbocycles. The van der Waals surface area contributed by atoms with Gasteiger partial charge in [-0.15, -0.1) is 0 Å². The van der Waals surface area contributed by atoms with Crippen LogP contribution in [0.3, 0.4) is 0 Å². The van der Waals surface area contributed by atoms with E-state index in [0.717, 1.165) is 11.1 Å². The van der Waals surface area contributed by atoms with Crippen molar-refractivity contribution in [2.45, 2.75) is 13.5 Å². The van der Waals surface area contributed by atoms with E-state index in [4.69, 9.17) is 9.47 Å². The average Bonchev–Trinajstić information content (AvgIpc) is 3.09. The summed E-state index contributed by atoms with van der Waals surface area (Å²) in [6.07, 6.45) is 0. The Balaban J connectivity index is 1.83. The van der Waals surface area contributed by atoms with E-state index >= 15 is 0 Å². The highest BCUT2D eigenvalue weighted by atomic mass is 16.5. The Morgan fingerprint density at radius 2 is 1.48 bits per heavy atom. The normalized spacial score (nSPS) is 13.5. The highest BCUT2D eigenvalue weighted by Gasteiger charge is 2.42. The van der Waals surface area contributed by atoms with Gasteiger partial charge in [-0.25, -0.2) is 4.90 Å². The molecule has 1 aliphatic heterocycles. The van der Waals surface area contributed by atoms with Crippen LogP contribution in [-0.2, 0) is 16.1 Å². The third-order valence-electron chi connectivity index (χ3n) is 5.67. The topological polar surface area (TPSA) is 59.1 Å². The molecule has 0 aromatic heterocycles. The molecular weight excluding hydrogens is 416 g/mol. The van der Waals surface area contributed by atoms with E-state index in [1.807, 2.05) is 61.3 Å². The molecule has 0 aliphatic carbocycles. The maximum Gasteiger partial charge on any atom is 0.282 e. The van der Waals surface area contributed by atoms with Crippen molar-refractivity contribution in [2.75, 3.05) is 26.2 Å². The Morgan fingerprint density at radius 1 is 0.818 bits per heavy atom. The molecule has 1 heterocycles. The van der Waals surface area contributed by atoms with Crippen LogP contribution in [0.15, 0.2) is 78.5 Å². The molecule has 0 radical (unpaired) electrons. The predicted molar refractivity (Wildman–Crippen MR) is 128 cm³/mol. The summed E-state index contributed by atoms with van der Waals surface area (Å²) in [6.45, 7) is 2.44. The molecule has 6 nitrogen and oxygen atoms in total. The van der Waals surface area contributed by atoms with Gasteiger partial charge in [-0.05, 0) is 42.3 Å². The highest BCUT2D eigenvalue weighted by Crippen LogP contribution is 2.38. The van der Waals surface area contributed by atoms with Crippen molar-refractivity contribution in [1.82, 2.24) is 4.90 Å². The lowest BCUT2D eigenvalue weighted by Gasteiger charge is -2.21. The quantitative estimate of drug-likeness (QED) is 0.507. The minimum Gasteiger partial charge on any atom is -0.493 e. The molecule has 0 bridgehead atoms. The molecule has 2 amide bonds. The average molecular weight is 443 g/mol. The molecule has 0 N–H and O–H groups in total. The first-order valence-electron chi connectivity index (χ1n) is 10.6. The van der Waals surface area contributed by atoms with Crippen LogP contribution in [0.1, 0.15) is 16.7 Å². The zero-order valence-electron chi connectivity index (χ0n) is 19.2. The number of carbonyl (C=O) groups excluding carboxylic acids is 2. The van der Waals surface area contributed by atoms with Gasteiger partial charge in [-0.3, -0.25) is 9.59 Å². The summed E-state index contributed by atoms with van der Waals surface area (Å²) in [5, 5.41) is 0. The number of hydrogen-bond acceptors (Lipinski definition) is 5. The summed E-state index contributed by atoms with van der Waals surface area (Å²) in [6, 6.07) is 22.4. The number of imide groups is 1. The fourth-order valence-corrected chi connectivity index (χ4v) is 3.99. The van der Waals surface area contributed by atoms with Crippen molar-refractivity contribution in [2.24, 2.45) is 0 Å². The fraction of sp³-hybridized carbons (Fsp3) is 0.185. The molecule has 0 spiro atoms. The number of ether oxygens (including phenoxy) is 2. The van der Waals surface area contributed by atoms with Crippen molar-refractivity contribution in [1.29, 1.82) is 0 Å². The molecule has 1 aliphatic rings. The van der Waals surface area contributed by atoms with Gasteiger partial charge >= 0.3 is 0 Å². The van der Waals surface area contributed by atoms with Crippen LogP contribution >= 0.6 is 0 Å². The lowest BCUT2D eigenvalue weighted by atomic mass is 10.0. The van der Waals surface area contributed by atoms with E-state index in [1.165, 1.54) is 4.90 Å². The van der Waals surface area contributed by atoms with Crippen molar-refractivity contribution in [3.63, 3.8) is 0 Å². The van der Waals surface area contributed by atoms with Crippen LogP contribution in [0.5, 0.6) is 11.5 Å². The maximum atomic E-state index is 13.7. The van der Waals surface area contributed by atoms with Crippen molar-refractivity contribution >= 4 is 23.1 Å². The van der Waals surface area contributed by atoms with Crippen LogP contribution in [0.25, 0.3) is 5.57 Å². The molecule has 168 valence electrons. The van der Waals surface area contributed by atoms with Crippen molar-refractivity contribution in [3.8, 4) is 11.5 Å². The summed E-state index contributed by atoms with van der Waals surface area (Å²) in [7, 11) is 4.92. The van der Waals surface area contributed by atoms with Gasteiger partial charge in [0, 0.05) is 13.6 Å². The molecule has 33 heavy (non-hydrogen) atoms. The third-order valence-corrected chi connectivity index (χ3v) is 5.67. The summed E-state index contributed by atoms with van der Waals surface area (Å²) in [5.74, 6) is 0.313. The summed E-state index contributed by atoms with van der Waals surface area (Å²) in [4.78, 5) is 30.4. The number of anilines is 1. The molecular formula is C27H26N2O4. The zero-order chi connectivity index (χ0) is 23.5. The first kappa shape index (κ1) is 22.1. The molecule has 0 saturated heterocycles. The first-order chi connectivity index (χ1) is 15.9. The smallest absolute Gasteiger partial charge is 0.282 e. The van der Waals surface area contributed by atoms with Gasteiger partial charge in [0.15, 0.2) is 11.5 Å². The Morgan fingerprint density at radius 3 is 2.12 bits per heavy atom. The Kier molecular flexibility index (Phi) is 6.18. The lowest BCUT2D eigenvalue weighted by molar-refractivity contribution is -0.120. The van der Waals surface area contributed by atoms with Gasteiger partial charge < -0.3 is 14.4 Å². The van der Waals surface area contributed by atoms with Crippen LogP contribution in [-0.4, -0.2) is 38.0 Å². The number of aryl methyl sites for hydroxylation is 1. The molecule has 0 unspecified atom stereocenters. The molecule has 0 fully saturated rings. The summed E-state index contributed by atoms with van der Waals surface area (Å²) in [5.41, 5.74) is 3.89. The standard InChI is InChI=1S/C27H26N2O4/c1-18-10-13-21(14-11-18)29-26(30)24(20-12-15-22(32-3)23(16-20)33-4)25(27(29)31)28(2)17-19-8-6-5-7-9-19/h5-16H,17H2,1-4H3. The van der Waals surface area contributed by atoms with E-state index in [0.29, 0.717) is 40.6 Å². The largest absolute Gasteiger partial charge is 0.493 e. The van der Waals surface area contributed by atoms with Crippen LogP contribution in [0, 0.1) is 6.92 Å². The molecule has 3 aromatic rings. The first-order valence-corrected chi connectivity index (χ1v) is 10.6. The number of nitrogens with zero attached hydrogens (tertiary/aromatic N) is 2. The van der Waals surface area contributed by atoms with E-state index in [-0.39, 0.29) is 11.8 Å². The van der Waals surface area contributed by atoms with Gasteiger partial charge in [0.25, 0.3) is 11.8 Å². The van der Waals surface area contributed by atoms with Gasteiger partial charge in [0.1, 0.15) is 5.70 Å². The van der Waals surface area contributed by atoms with E-state index in [9.17, 15) is 9.59 Å². The summed E-state index contributed by atoms with van der Waals surface area (Å²) < 4.78 is 10.8. The van der Waals surface area contributed by atoms with E-state index < -0.39 is 0 Å². The SMILES string of the molecule is COc1ccc(C2=C(N(C)Cc3ccccc3)C(=O)N(c3ccc(C)cc3)C2=O)cc1OC. The number of carbonyl (C=O) groups is 2. The van der Waals surface area contributed by atoms with Crippen molar-refractivity contribution in [3.05, 3.63) is 95.2 Å².